The molecule has 0 saturated carbocycles. The standard InChI is InChI=1S/C17H12ClN3O2.C7H16N2/c18-9-16(23)21-15-3-1-2-11-4-5-12(8-14(11)15)17-19-7-6-13(10-22)20-17;1-8-7-3-5-9(2)6-4-7/h1-8,10H,9H2,(H,21,23);7-8H,3-6H2,1-2H3. The largest absolute Gasteiger partial charge is 0.324 e. The molecule has 0 unspecified atom stereocenters. The van der Waals surface area contributed by atoms with Crippen molar-refractivity contribution in [3.63, 3.8) is 0 Å². The molecule has 8 heteroatoms. The van der Waals surface area contributed by atoms with Crippen molar-refractivity contribution in [1.82, 2.24) is 20.2 Å². The average Bonchev–Trinajstić information content (AvgIpc) is 2.85. The van der Waals surface area contributed by atoms with Gasteiger partial charge in [0, 0.05) is 28.9 Å². The number of rotatable bonds is 5. The van der Waals surface area contributed by atoms with Crippen molar-refractivity contribution in [2.45, 2.75) is 18.9 Å². The van der Waals surface area contributed by atoms with Gasteiger partial charge in [0.05, 0.1) is 0 Å². The van der Waals surface area contributed by atoms with Crippen molar-refractivity contribution in [3.05, 3.63) is 54.4 Å². The molecule has 1 saturated heterocycles. The second-order valence-electron chi connectivity index (χ2n) is 7.71. The molecule has 3 aromatic rings. The molecule has 0 spiro atoms. The molecule has 1 fully saturated rings. The van der Waals surface area contributed by atoms with Crippen molar-refractivity contribution in [2.75, 3.05) is 38.4 Å². The summed E-state index contributed by atoms with van der Waals surface area (Å²) in [6.45, 7) is 2.51. The van der Waals surface area contributed by atoms with E-state index < -0.39 is 0 Å². The lowest BCUT2D eigenvalue weighted by molar-refractivity contribution is -0.113. The zero-order valence-corrected chi connectivity index (χ0v) is 19.1. The summed E-state index contributed by atoms with van der Waals surface area (Å²) in [6.07, 6.45) is 4.84. The van der Waals surface area contributed by atoms with Crippen LogP contribution in [0.2, 0.25) is 0 Å². The molecule has 168 valence electrons. The van der Waals surface area contributed by atoms with Gasteiger partial charge in [-0.15, -0.1) is 11.6 Å². The fraction of sp³-hybridized carbons (Fsp3) is 0.333. The molecule has 1 aromatic heterocycles. The predicted molar refractivity (Wildman–Crippen MR) is 129 cm³/mol. The number of nitrogens with one attached hydrogen (secondary N) is 2. The van der Waals surface area contributed by atoms with E-state index in [4.69, 9.17) is 11.6 Å². The molecule has 1 aliphatic rings. The number of anilines is 1. The fourth-order valence-electron chi connectivity index (χ4n) is 3.58. The number of halogens is 1. The van der Waals surface area contributed by atoms with Crippen LogP contribution < -0.4 is 10.6 Å². The predicted octanol–water partition coefficient (Wildman–Crippen LogP) is 3.59. The van der Waals surface area contributed by atoms with Crippen molar-refractivity contribution in [1.29, 1.82) is 0 Å². The monoisotopic (exact) mass is 453 g/mol. The van der Waals surface area contributed by atoms with E-state index in [2.05, 4.69) is 39.6 Å². The van der Waals surface area contributed by atoms with E-state index in [-0.39, 0.29) is 11.8 Å². The normalized spacial score (nSPS) is 14.5. The van der Waals surface area contributed by atoms with E-state index >= 15 is 0 Å². The number of alkyl halides is 1. The maximum Gasteiger partial charge on any atom is 0.239 e. The Hall–Kier alpha value is -2.87. The minimum absolute atomic E-state index is 0.111. The van der Waals surface area contributed by atoms with Gasteiger partial charge in [0.2, 0.25) is 5.91 Å². The highest BCUT2D eigenvalue weighted by molar-refractivity contribution is 6.29. The summed E-state index contributed by atoms with van der Waals surface area (Å²) < 4.78 is 0. The molecule has 0 radical (unpaired) electrons. The number of hydrogen-bond donors (Lipinski definition) is 2. The molecule has 4 rings (SSSR count). The first-order valence-electron chi connectivity index (χ1n) is 10.6. The zero-order valence-electron chi connectivity index (χ0n) is 18.3. The molecule has 1 aliphatic heterocycles. The minimum atomic E-state index is -0.274. The van der Waals surface area contributed by atoms with Crippen LogP contribution in [0, 0.1) is 0 Å². The minimum Gasteiger partial charge on any atom is -0.324 e. The molecule has 2 heterocycles. The lowest BCUT2D eigenvalue weighted by Gasteiger charge is -2.28. The first kappa shape index (κ1) is 23.8. The number of piperidine rings is 1. The first-order valence-corrected chi connectivity index (χ1v) is 11.1. The van der Waals surface area contributed by atoms with Gasteiger partial charge in [-0.3, -0.25) is 9.59 Å². The van der Waals surface area contributed by atoms with Crippen LogP contribution in [0.15, 0.2) is 48.7 Å². The summed E-state index contributed by atoms with van der Waals surface area (Å²) in [5, 5.41) is 7.88. The summed E-state index contributed by atoms with van der Waals surface area (Å²) in [7, 11) is 4.24. The zero-order chi connectivity index (χ0) is 22.9. The number of carbonyl (C=O) groups excluding carboxylic acids is 2. The number of likely N-dealkylation sites (tertiary alicyclic amines) is 1. The van der Waals surface area contributed by atoms with Gasteiger partial charge in [-0.05, 0) is 63.6 Å². The third-order valence-corrected chi connectivity index (χ3v) is 5.70. The van der Waals surface area contributed by atoms with Crippen LogP contribution >= 0.6 is 11.6 Å². The van der Waals surface area contributed by atoms with Crippen LogP contribution in [-0.2, 0) is 4.79 Å². The number of amides is 1. The number of carbonyl (C=O) groups is 2. The van der Waals surface area contributed by atoms with Gasteiger partial charge in [0.15, 0.2) is 12.1 Å². The van der Waals surface area contributed by atoms with E-state index in [1.165, 1.54) is 32.1 Å². The summed E-state index contributed by atoms with van der Waals surface area (Å²) in [5.74, 6) is 0.0688. The van der Waals surface area contributed by atoms with Crippen LogP contribution in [0.5, 0.6) is 0 Å². The average molecular weight is 454 g/mol. The quantitative estimate of drug-likeness (QED) is 0.453. The number of aromatic nitrogens is 2. The Labute approximate surface area is 193 Å². The van der Waals surface area contributed by atoms with Crippen LogP contribution in [0.3, 0.4) is 0 Å². The number of benzene rings is 2. The van der Waals surface area contributed by atoms with E-state index in [1.54, 1.807) is 12.1 Å². The topological polar surface area (TPSA) is 87.2 Å². The Morgan fingerprint density at radius 1 is 1.22 bits per heavy atom. The maximum atomic E-state index is 11.6. The second kappa shape index (κ2) is 11.7. The van der Waals surface area contributed by atoms with Gasteiger partial charge in [-0.25, -0.2) is 9.97 Å². The molecule has 0 atom stereocenters. The molecular formula is C24H28ClN5O2. The molecule has 1 amide bonds. The van der Waals surface area contributed by atoms with Crippen molar-refractivity contribution in [2.24, 2.45) is 0 Å². The van der Waals surface area contributed by atoms with E-state index in [0.717, 1.165) is 22.4 Å². The third-order valence-electron chi connectivity index (χ3n) is 5.46. The van der Waals surface area contributed by atoms with Gasteiger partial charge < -0.3 is 15.5 Å². The lowest BCUT2D eigenvalue weighted by atomic mass is 10.0. The summed E-state index contributed by atoms with van der Waals surface area (Å²) >= 11 is 5.55. The lowest BCUT2D eigenvalue weighted by Crippen LogP contribution is -2.39. The Bertz CT molecular complexity index is 1070. The Kier molecular flexibility index (Phi) is 8.67. The Morgan fingerprint density at radius 2 is 2.00 bits per heavy atom. The number of fused-ring (bicyclic) bond motifs is 1. The number of nitrogens with zero attached hydrogens (tertiary/aromatic N) is 3. The Morgan fingerprint density at radius 3 is 2.69 bits per heavy atom. The molecule has 2 aromatic carbocycles. The van der Waals surface area contributed by atoms with E-state index in [0.29, 0.717) is 23.5 Å². The second-order valence-corrected chi connectivity index (χ2v) is 7.98. The molecule has 32 heavy (non-hydrogen) atoms. The molecular weight excluding hydrogens is 426 g/mol. The molecule has 0 bridgehead atoms. The van der Waals surface area contributed by atoms with Crippen LogP contribution in [0.4, 0.5) is 5.69 Å². The Balaban J connectivity index is 0.000000269. The number of aldehydes is 1. The first-order chi connectivity index (χ1) is 15.5. The van der Waals surface area contributed by atoms with Crippen molar-refractivity contribution in [3.8, 4) is 11.4 Å². The van der Waals surface area contributed by atoms with Gasteiger partial charge in [-0.1, -0.05) is 24.3 Å². The van der Waals surface area contributed by atoms with Gasteiger partial charge in [0.25, 0.3) is 0 Å². The SMILES string of the molecule is CNC1CCN(C)CC1.O=Cc1ccnc(-c2ccc3cccc(NC(=O)CCl)c3c2)n1. The highest BCUT2D eigenvalue weighted by Crippen LogP contribution is 2.28. The van der Waals surface area contributed by atoms with E-state index in [1.807, 2.05) is 30.3 Å². The highest BCUT2D eigenvalue weighted by atomic mass is 35.5. The van der Waals surface area contributed by atoms with E-state index in [9.17, 15) is 9.59 Å². The van der Waals surface area contributed by atoms with Crippen LogP contribution in [-0.4, -0.2) is 66.2 Å². The van der Waals surface area contributed by atoms with Crippen molar-refractivity contribution >= 4 is 40.3 Å². The van der Waals surface area contributed by atoms with Crippen LogP contribution in [0.25, 0.3) is 22.2 Å². The summed E-state index contributed by atoms with van der Waals surface area (Å²) in [6, 6.07) is 13.6. The molecule has 7 nitrogen and oxygen atoms in total. The molecule has 0 aliphatic carbocycles. The summed E-state index contributed by atoms with van der Waals surface area (Å²) in [5.41, 5.74) is 1.74. The van der Waals surface area contributed by atoms with Gasteiger partial charge in [-0.2, -0.15) is 0 Å². The molecule has 2 N–H and O–H groups in total. The third kappa shape index (κ3) is 6.32. The smallest absolute Gasteiger partial charge is 0.239 e. The van der Waals surface area contributed by atoms with Gasteiger partial charge in [0.1, 0.15) is 11.6 Å². The highest BCUT2D eigenvalue weighted by Gasteiger charge is 2.13. The fourth-order valence-corrected chi connectivity index (χ4v) is 3.65. The van der Waals surface area contributed by atoms with Gasteiger partial charge >= 0.3 is 0 Å². The van der Waals surface area contributed by atoms with Crippen LogP contribution in [0.1, 0.15) is 23.3 Å². The van der Waals surface area contributed by atoms with Crippen molar-refractivity contribution < 1.29 is 9.59 Å². The summed E-state index contributed by atoms with van der Waals surface area (Å²) in [4.78, 5) is 33.2. The number of hydrogen-bond acceptors (Lipinski definition) is 6. The maximum absolute atomic E-state index is 11.6.